The molecule has 0 radical (unpaired) electrons. The van der Waals surface area contributed by atoms with Gasteiger partial charge in [-0.3, -0.25) is 4.79 Å². The minimum atomic E-state index is 0.418. The van der Waals surface area contributed by atoms with Crippen molar-refractivity contribution < 1.29 is 4.79 Å². The summed E-state index contributed by atoms with van der Waals surface area (Å²) in [5, 5.41) is 0. The molecule has 0 aliphatic heterocycles. The van der Waals surface area contributed by atoms with Gasteiger partial charge in [0.15, 0.2) is 0 Å². The lowest BCUT2D eigenvalue weighted by molar-refractivity contribution is -0.120. The van der Waals surface area contributed by atoms with Gasteiger partial charge in [0.2, 0.25) is 0 Å². The highest BCUT2D eigenvalue weighted by atomic mass is 32.2. The fraction of sp³-hybridized carbons (Fsp3) is 0.917. The molecule has 1 aliphatic carbocycles. The van der Waals surface area contributed by atoms with Gasteiger partial charge in [-0.25, -0.2) is 0 Å². The van der Waals surface area contributed by atoms with E-state index in [4.69, 9.17) is 0 Å². The van der Waals surface area contributed by atoms with Crippen LogP contribution in [0.2, 0.25) is 0 Å². The van der Waals surface area contributed by atoms with Gasteiger partial charge in [-0.1, -0.05) is 13.8 Å². The van der Waals surface area contributed by atoms with Crippen LogP contribution >= 0.6 is 11.8 Å². The topological polar surface area (TPSA) is 17.1 Å². The number of carbonyl (C=O) groups is 1. The van der Waals surface area contributed by atoms with Crippen molar-refractivity contribution in [2.75, 3.05) is 11.5 Å². The lowest BCUT2D eigenvalue weighted by Gasteiger charge is -2.07. The molecule has 0 spiro atoms. The van der Waals surface area contributed by atoms with Crippen molar-refractivity contribution in [3.63, 3.8) is 0 Å². The highest BCUT2D eigenvalue weighted by Gasteiger charge is 2.23. The Hall–Kier alpha value is 0.0200. The SMILES string of the molecule is CC(C)CCSCCC1CCCC1=O. The standard InChI is InChI=1S/C12H22OS/c1-10(2)6-8-14-9-7-11-4-3-5-12(11)13/h10-11H,3-9H2,1-2H3. The quantitative estimate of drug-likeness (QED) is 0.629. The van der Waals surface area contributed by atoms with Crippen LogP contribution in [0.5, 0.6) is 0 Å². The van der Waals surface area contributed by atoms with E-state index in [0.717, 1.165) is 31.6 Å². The number of Topliss-reactive ketones (excluding diaryl/α,β-unsaturated/α-hetero) is 1. The van der Waals surface area contributed by atoms with E-state index in [1.54, 1.807) is 0 Å². The van der Waals surface area contributed by atoms with E-state index < -0.39 is 0 Å². The van der Waals surface area contributed by atoms with Crippen molar-refractivity contribution in [3.8, 4) is 0 Å². The molecule has 1 fully saturated rings. The molecule has 0 amide bonds. The van der Waals surface area contributed by atoms with E-state index in [2.05, 4.69) is 13.8 Å². The highest BCUT2D eigenvalue weighted by Crippen LogP contribution is 2.25. The average Bonchev–Trinajstić information content (AvgIpc) is 2.51. The summed E-state index contributed by atoms with van der Waals surface area (Å²) >= 11 is 2.02. The van der Waals surface area contributed by atoms with Gasteiger partial charge < -0.3 is 0 Å². The number of hydrogen-bond donors (Lipinski definition) is 0. The van der Waals surface area contributed by atoms with E-state index in [0.29, 0.717) is 11.7 Å². The van der Waals surface area contributed by atoms with Crippen LogP contribution in [0, 0.1) is 11.8 Å². The van der Waals surface area contributed by atoms with Crippen LogP contribution in [0.4, 0.5) is 0 Å². The number of ketones is 1. The zero-order valence-electron chi connectivity index (χ0n) is 9.42. The lowest BCUT2D eigenvalue weighted by Crippen LogP contribution is -2.07. The summed E-state index contributed by atoms with van der Waals surface area (Å²) in [7, 11) is 0. The molecule has 0 saturated heterocycles. The fourth-order valence-corrected chi connectivity index (χ4v) is 3.13. The molecule has 0 bridgehead atoms. The second kappa shape index (κ2) is 6.49. The average molecular weight is 214 g/mol. The van der Waals surface area contributed by atoms with Crippen molar-refractivity contribution in [2.45, 2.75) is 46.0 Å². The number of carbonyl (C=O) groups excluding carboxylic acids is 1. The van der Waals surface area contributed by atoms with E-state index in [1.165, 1.54) is 17.9 Å². The van der Waals surface area contributed by atoms with Crippen LogP contribution in [0.3, 0.4) is 0 Å². The molecular weight excluding hydrogens is 192 g/mol. The van der Waals surface area contributed by atoms with Gasteiger partial charge in [-0.2, -0.15) is 11.8 Å². The van der Waals surface area contributed by atoms with Crippen molar-refractivity contribution >= 4 is 17.5 Å². The molecule has 1 atom stereocenters. The summed E-state index contributed by atoms with van der Waals surface area (Å²) in [5.41, 5.74) is 0. The summed E-state index contributed by atoms with van der Waals surface area (Å²) in [6.45, 7) is 4.53. The molecule has 1 aliphatic rings. The van der Waals surface area contributed by atoms with Crippen molar-refractivity contribution in [1.29, 1.82) is 0 Å². The molecule has 1 unspecified atom stereocenters. The second-order valence-corrected chi connectivity index (χ2v) is 5.86. The maximum Gasteiger partial charge on any atom is 0.136 e. The van der Waals surface area contributed by atoms with Crippen molar-refractivity contribution in [2.24, 2.45) is 11.8 Å². The maximum atomic E-state index is 11.3. The van der Waals surface area contributed by atoms with Gasteiger partial charge in [-0.05, 0) is 43.1 Å². The zero-order chi connectivity index (χ0) is 10.4. The van der Waals surface area contributed by atoms with Gasteiger partial charge in [0.25, 0.3) is 0 Å². The van der Waals surface area contributed by atoms with E-state index in [9.17, 15) is 4.79 Å². The first kappa shape index (κ1) is 12.1. The predicted octanol–water partition coefficient (Wildman–Crippen LogP) is 3.53. The third kappa shape index (κ3) is 4.50. The summed E-state index contributed by atoms with van der Waals surface area (Å²) in [6.07, 6.45) is 5.58. The molecule has 0 aromatic carbocycles. The van der Waals surface area contributed by atoms with E-state index in [-0.39, 0.29) is 0 Å². The summed E-state index contributed by atoms with van der Waals surface area (Å²) in [4.78, 5) is 11.3. The van der Waals surface area contributed by atoms with E-state index >= 15 is 0 Å². The largest absolute Gasteiger partial charge is 0.299 e. The molecule has 14 heavy (non-hydrogen) atoms. The molecule has 0 aromatic heterocycles. The molecular formula is C12H22OS. The van der Waals surface area contributed by atoms with Gasteiger partial charge >= 0.3 is 0 Å². The Balaban J connectivity index is 1.96. The summed E-state index contributed by atoms with van der Waals surface area (Å²) in [5.74, 6) is 4.20. The number of thioether (sulfide) groups is 1. The van der Waals surface area contributed by atoms with Crippen LogP contribution in [0.25, 0.3) is 0 Å². The molecule has 1 rings (SSSR count). The molecule has 2 heteroatoms. The summed E-state index contributed by atoms with van der Waals surface area (Å²) in [6, 6.07) is 0. The molecule has 1 nitrogen and oxygen atoms in total. The third-order valence-electron chi connectivity index (χ3n) is 2.88. The smallest absolute Gasteiger partial charge is 0.136 e. The van der Waals surface area contributed by atoms with Gasteiger partial charge in [0.05, 0.1) is 0 Å². The Kier molecular flexibility index (Phi) is 5.61. The normalized spacial score (nSPS) is 22.2. The monoisotopic (exact) mass is 214 g/mol. The first-order valence-electron chi connectivity index (χ1n) is 5.80. The Morgan fingerprint density at radius 1 is 1.43 bits per heavy atom. The lowest BCUT2D eigenvalue weighted by atomic mass is 10.1. The molecule has 82 valence electrons. The second-order valence-electron chi connectivity index (χ2n) is 4.64. The Morgan fingerprint density at radius 2 is 2.21 bits per heavy atom. The zero-order valence-corrected chi connectivity index (χ0v) is 10.2. The molecule has 0 heterocycles. The van der Waals surface area contributed by atoms with Crippen LogP contribution in [0.1, 0.15) is 46.0 Å². The van der Waals surface area contributed by atoms with Crippen LogP contribution in [-0.4, -0.2) is 17.3 Å². The fourth-order valence-electron chi connectivity index (χ4n) is 1.84. The first-order chi connectivity index (χ1) is 6.70. The first-order valence-corrected chi connectivity index (χ1v) is 6.96. The van der Waals surface area contributed by atoms with Crippen molar-refractivity contribution in [1.82, 2.24) is 0 Å². The Bertz CT molecular complexity index is 177. The van der Waals surface area contributed by atoms with Crippen LogP contribution < -0.4 is 0 Å². The predicted molar refractivity (Wildman–Crippen MR) is 63.7 cm³/mol. The molecule has 0 N–H and O–H groups in total. The number of rotatable bonds is 6. The number of hydrogen-bond acceptors (Lipinski definition) is 2. The minimum Gasteiger partial charge on any atom is -0.299 e. The van der Waals surface area contributed by atoms with Crippen molar-refractivity contribution in [3.05, 3.63) is 0 Å². The van der Waals surface area contributed by atoms with Gasteiger partial charge in [0, 0.05) is 12.3 Å². The van der Waals surface area contributed by atoms with Crippen LogP contribution in [-0.2, 0) is 4.79 Å². The Morgan fingerprint density at radius 3 is 2.79 bits per heavy atom. The summed E-state index contributed by atoms with van der Waals surface area (Å²) < 4.78 is 0. The molecule has 0 aromatic rings. The highest BCUT2D eigenvalue weighted by molar-refractivity contribution is 7.99. The Labute approximate surface area is 92.0 Å². The van der Waals surface area contributed by atoms with Gasteiger partial charge in [0.1, 0.15) is 5.78 Å². The van der Waals surface area contributed by atoms with Gasteiger partial charge in [-0.15, -0.1) is 0 Å². The minimum absolute atomic E-state index is 0.418. The molecule has 1 saturated carbocycles. The maximum absolute atomic E-state index is 11.3. The van der Waals surface area contributed by atoms with E-state index in [1.807, 2.05) is 11.8 Å². The third-order valence-corrected chi connectivity index (χ3v) is 3.93. The van der Waals surface area contributed by atoms with Crippen LogP contribution in [0.15, 0.2) is 0 Å².